The molecule has 0 atom stereocenters. The van der Waals surface area contributed by atoms with Crippen LogP contribution in [0, 0.1) is 0 Å². The molecule has 0 N–H and O–H groups in total. The lowest BCUT2D eigenvalue weighted by Crippen LogP contribution is -3.00. The third kappa shape index (κ3) is 2.49. The first-order chi connectivity index (χ1) is 3.80. The molecule has 0 fully saturated rings. The summed E-state index contributed by atoms with van der Waals surface area (Å²) in [6.45, 7) is 0. The van der Waals surface area contributed by atoms with Crippen LogP contribution in [0.15, 0.2) is 24.4 Å². The van der Waals surface area contributed by atoms with Crippen LogP contribution in [0.5, 0.6) is 0 Å². The molecule has 1 heterocycles. The number of aryl methyl sites for hydroxylation is 1. The van der Waals surface area contributed by atoms with E-state index in [9.17, 15) is 0 Å². The Morgan fingerprint density at radius 1 is 1.44 bits per heavy atom. The third-order valence-electron chi connectivity index (χ3n) is 0.991. The largest absolute Gasteiger partial charge is 0.274 e. The van der Waals surface area contributed by atoms with Crippen molar-refractivity contribution in [2.45, 2.75) is 0 Å². The van der Waals surface area contributed by atoms with E-state index in [4.69, 9.17) is 11.6 Å². The van der Waals surface area contributed by atoms with E-state index in [2.05, 4.69) is 0 Å². The molecule has 0 bridgehead atoms. The molecule has 50 valence electrons. The number of pyridine rings is 1. The highest BCUT2D eigenvalue weighted by Crippen LogP contribution is 1.95. The predicted molar refractivity (Wildman–Crippen MR) is 35.4 cm³/mol. The second-order valence-electron chi connectivity index (χ2n) is 1.63. The topological polar surface area (TPSA) is 3.88 Å². The van der Waals surface area contributed by atoms with Gasteiger partial charge in [-0.05, 0) is 17.7 Å². The van der Waals surface area contributed by atoms with Crippen LogP contribution in [0.3, 0.4) is 0 Å². The molecule has 1 aromatic rings. The molecule has 0 aliphatic carbocycles. The number of rotatable bonds is 0. The fourth-order valence-electron chi connectivity index (χ4n) is 0.503. The Morgan fingerprint density at radius 2 is 2.11 bits per heavy atom. The highest BCUT2D eigenvalue weighted by atomic mass is 127. The van der Waals surface area contributed by atoms with Gasteiger partial charge in [-0.15, -0.1) is 0 Å². The Bertz CT molecular complexity index is 169. The molecular formula is C6H9ClIN+2. The first-order valence-corrected chi connectivity index (χ1v) is 2.78. The van der Waals surface area contributed by atoms with E-state index < -0.39 is 0 Å². The molecule has 0 radical (unpaired) electrons. The lowest BCUT2D eigenvalue weighted by atomic mass is 10.5. The van der Waals surface area contributed by atoms with Crippen LogP contribution in [0.1, 0.15) is 0 Å². The molecule has 0 amide bonds. The van der Waals surface area contributed by atoms with Gasteiger partial charge in [-0.3, -0.25) is 0 Å². The lowest BCUT2D eigenvalue weighted by molar-refractivity contribution is -0.669. The van der Waals surface area contributed by atoms with Crippen LogP contribution < -0.4 is 28.5 Å². The minimum atomic E-state index is 0. The Hall–Kier alpha value is 0.170. The van der Waals surface area contributed by atoms with Crippen molar-refractivity contribution in [3.05, 3.63) is 29.5 Å². The maximum Gasteiger partial charge on any atom is 0.274 e. The standard InChI is InChI=1S/C6H7ClN.H2I/c1-8-5-3-2-4-6(8)7;/h2-5H,1H3;1H2/q2*+1. The van der Waals surface area contributed by atoms with Crippen LogP contribution in [-0.2, 0) is 7.05 Å². The molecule has 1 aromatic heterocycles. The minimum absolute atomic E-state index is 0. The molecule has 9 heavy (non-hydrogen) atoms. The van der Waals surface area contributed by atoms with Crippen LogP contribution >= 0.6 is 11.6 Å². The molecule has 0 aliphatic heterocycles. The van der Waals surface area contributed by atoms with Gasteiger partial charge < -0.3 is 0 Å². The Kier molecular flexibility index (Phi) is 4.14. The van der Waals surface area contributed by atoms with E-state index >= 15 is 0 Å². The minimum Gasteiger partial charge on any atom is -0.191 e. The Balaban J connectivity index is 0.000000640. The zero-order valence-corrected chi connectivity index (χ0v) is 8.39. The van der Waals surface area contributed by atoms with E-state index in [0.29, 0.717) is 0 Å². The highest BCUT2D eigenvalue weighted by molar-refractivity contribution is 6.28. The molecule has 1 nitrogen and oxygen atoms in total. The van der Waals surface area contributed by atoms with Crippen LogP contribution in [-0.4, -0.2) is 0 Å². The molecule has 0 spiro atoms. The molecule has 0 saturated carbocycles. The summed E-state index contributed by atoms with van der Waals surface area (Å²) < 4.78 is 1.85. The lowest BCUT2D eigenvalue weighted by Gasteiger charge is -1.84. The zero-order chi connectivity index (χ0) is 5.98. The molecule has 0 unspecified atom stereocenters. The van der Waals surface area contributed by atoms with E-state index in [1.165, 1.54) is 0 Å². The molecule has 0 aromatic carbocycles. The number of aromatic nitrogens is 1. The SMILES string of the molecule is C[n+]1ccccc1Cl.[IH2+]. The molecule has 0 aliphatic rings. The number of nitrogens with zero attached hydrogens (tertiary/aromatic N) is 1. The van der Waals surface area contributed by atoms with Crippen molar-refractivity contribution in [1.82, 2.24) is 0 Å². The third-order valence-corrected chi connectivity index (χ3v) is 1.38. The summed E-state index contributed by atoms with van der Waals surface area (Å²) in [5.74, 6) is 0. The predicted octanol–water partition coefficient (Wildman–Crippen LogP) is -2.37. The monoisotopic (exact) mass is 257 g/mol. The number of hydrogen-bond acceptors (Lipinski definition) is 0. The van der Waals surface area contributed by atoms with E-state index in [1.54, 1.807) is 0 Å². The van der Waals surface area contributed by atoms with Crippen molar-refractivity contribution in [2.75, 3.05) is 0 Å². The quantitative estimate of drug-likeness (QED) is 0.278. The van der Waals surface area contributed by atoms with E-state index in [0.717, 1.165) is 5.15 Å². The van der Waals surface area contributed by atoms with Gasteiger partial charge in [0, 0.05) is 12.1 Å². The summed E-state index contributed by atoms with van der Waals surface area (Å²) in [6.07, 6.45) is 1.91. The normalized spacial score (nSPS) is 8.22. The summed E-state index contributed by atoms with van der Waals surface area (Å²) in [5, 5.41) is 0.757. The second kappa shape index (κ2) is 4.06. The maximum absolute atomic E-state index is 5.67. The van der Waals surface area contributed by atoms with Gasteiger partial charge >= 0.3 is 0 Å². The summed E-state index contributed by atoms with van der Waals surface area (Å²) >= 11 is 5.67. The van der Waals surface area contributed by atoms with Crippen LogP contribution in [0.25, 0.3) is 0 Å². The number of hydrogen-bond donors (Lipinski definition) is 0. The van der Waals surface area contributed by atoms with Gasteiger partial charge in [0.25, 0.3) is 5.15 Å². The van der Waals surface area contributed by atoms with Crippen LogP contribution in [0.2, 0.25) is 5.15 Å². The van der Waals surface area contributed by atoms with Gasteiger partial charge in [0.15, 0.2) is 6.20 Å². The van der Waals surface area contributed by atoms with Crippen molar-refractivity contribution >= 4 is 11.6 Å². The van der Waals surface area contributed by atoms with Crippen molar-refractivity contribution in [3.8, 4) is 0 Å². The van der Waals surface area contributed by atoms with Gasteiger partial charge in [-0.25, -0.2) is 0 Å². The summed E-state index contributed by atoms with van der Waals surface area (Å²) in [6, 6.07) is 5.69. The number of halogens is 2. The molecule has 0 saturated heterocycles. The van der Waals surface area contributed by atoms with E-state index in [1.807, 2.05) is 36.0 Å². The Morgan fingerprint density at radius 3 is 2.44 bits per heavy atom. The average molecular weight is 258 g/mol. The average Bonchev–Trinajstić information content (AvgIpc) is 1.77. The van der Waals surface area contributed by atoms with Crippen molar-refractivity contribution in [2.24, 2.45) is 7.05 Å². The molecule has 3 heteroatoms. The second-order valence-corrected chi connectivity index (χ2v) is 2.02. The van der Waals surface area contributed by atoms with Gasteiger partial charge in [0.2, 0.25) is 24.0 Å². The van der Waals surface area contributed by atoms with Crippen LogP contribution in [0.4, 0.5) is 0 Å². The summed E-state index contributed by atoms with van der Waals surface area (Å²) in [5.41, 5.74) is 0. The summed E-state index contributed by atoms with van der Waals surface area (Å²) in [4.78, 5) is 0. The zero-order valence-electron chi connectivity index (χ0n) is 5.08. The van der Waals surface area contributed by atoms with E-state index in [-0.39, 0.29) is 24.0 Å². The fourth-order valence-corrected chi connectivity index (χ4v) is 0.632. The maximum atomic E-state index is 5.67. The van der Waals surface area contributed by atoms with Gasteiger partial charge in [0.1, 0.15) is 7.05 Å². The van der Waals surface area contributed by atoms with Crippen molar-refractivity contribution in [1.29, 1.82) is 0 Å². The first-order valence-electron chi connectivity index (χ1n) is 2.41. The van der Waals surface area contributed by atoms with Crippen molar-refractivity contribution < 1.29 is 28.5 Å². The molecule has 1 rings (SSSR count). The Labute approximate surface area is 76.7 Å². The summed E-state index contributed by atoms with van der Waals surface area (Å²) in [7, 11) is 1.91. The smallest absolute Gasteiger partial charge is 0.191 e. The van der Waals surface area contributed by atoms with Gasteiger partial charge in [0.05, 0.1) is 0 Å². The van der Waals surface area contributed by atoms with Crippen molar-refractivity contribution in [3.63, 3.8) is 0 Å². The first kappa shape index (κ1) is 9.17. The fraction of sp³-hybridized carbons (Fsp3) is 0.167. The molecular weight excluding hydrogens is 248 g/mol. The van der Waals surface area contributed by atoms with Gasteiger partial charge in [-0.2, -0.15) is 4.57 Å². The highest BCUT2D eigenvalue weighted by Gasteiger charge is 1.94. The van der Waals surface area contributed by atoms with Gasteiger partial charge in [-0.1, -0.05) is 0 Å².